The summed E-state index contributed by atoms with van der Waals surface area (Å²) in [5.41, 5.74) is 4.11. The zero-order valence-corrected chi connectivity index (χ0v) is 10.6. The van der Waals surface area contributed by atoms with Crippen LogP contribution >= 0.6 is 0 Å². The van der Waals surface area contributed by atoms with Crippen molar-refractivity contribution in [2.24, 2.45) is 5.92 Å². The molecule has 0 saturated heterocycles. The van der Waals surface area contributed by atoms with Crippen molar-refractivity contribution in [1.82, 2.24) is 5.48 Å². The monoisotopic (exact) mass is 235 g/mol. The van der Waals surface area contributed by atoms with Gasteiger partial charge >= 0.3 is 0 Å². The second kappa shape index (κ2) is 7.07. The normalized spacial score (nSPS) is 12.2. The third-order valence-corrected chi connectivity index (χ3v) is 2.95. The Kier molecular flexibility index (Phi) is 5.70. The molecule has 1 aromatic rings. The molecule has 3 heteroatoms. The maximum absolute atomic E-state index is 11.5. The molecular formula is C14H21NO2. The summed E-state index contributed by atoms with van der Waals surface area (Å²) in [7, 11) is 0. The minimum absolute atomic E-state index is 0.137. The van der Waals surface area contributed by atoms with Crippen LogP contribution in [0.4, 0.5) is 0 Å². The van der Waals surface area contributed by atoms with E-state index in [4.69, 9.17) is 5.21 Å². The first-order chi connectivity index (χ1) is 8.17. The average Bonchev–Trinajstić information content (AvgIpc) is 2.33. The number of carbonyl (C=O) groups excluding carboxylic acids is 1. The van der Waals surface area contributed by atoms with Gasteiger partial charge in [0.05, 0.1) is 0 Å². The largest absolute Gasteiger partial charge is 0.289 e. The van der Waals surface area contributed by atoms with E-state index in [1.165, 1.54) is 5.56 Å². The van der Waals surface area contributed by atoms with Crippen LogP contribution in [0.25, 0.3) is 0 Å². The first kappa shape index (κ1) is 13.7. The molecule has 0 fully saturated rings. The number of hydroxylamine groups is 1. The zero-order valence-electron chi connectivity index (χ0n) is 10.6. The van der Waals surface area contributed by atoms with Crippen molar-refractivity contribution < 1.29 is 10.0 Å². The van der Waals surface area contributed by atoms with Crippen LogP contribution in [-0.2, 0) is 11.2 Å². The van der Waals surface area contributed by atoms with Crippen molar-refractivity contribution in [1.29, 1.82) is 0 Å². The van der Waals surface area contributed by atoms with Crippen LogP contribution in [0.15, 0.2) is 24.3 Å². The molecule has 1 amide bonds. The highest BCUT2D eigenvalue weighted by Gasteiger charge is 2.17. The van der Waals surface area contributed by atoms with E-state index in [0.717, 1.165) is 24.8 Å². The van der Waals surface area contributed by atoms with E-state index in [1.54, 1.807) is 5.48 Å². The Morgan fingerprint density at radius 2 is 2.24 bits per heavy atom. The third kappa shape index (κ3) is 4.57. The van der Waals surface area contributed by atoms with Crippen LogP contribution in [-0.4, -0.2) is 11.1 Å². The molecule has 0 radical (unpaired) electrons. The first-order valence-electron chi connectivity index (χ1n) is 6.16. The smallest absolute Gasteiger partial charge is 0.246 e. The highest BCUT2D eigenvalue weighted by atomic mass is 16.5. The van der Waals surface area contributed by atoms with Crippen LogP contribution in [0.2, 0.25) is 0 Å². The number of benzene rings is 1. The lowest BCUT2D eigenvalue weighted by atomic mass is 9.93. The minimum Gasteiger partial charge on any atom is -0.289 e. The summed E-state index contributed by atoms with van der Waals surface area (Å²) in [5.74, 6) is -0.415. The number of aryl methyl sites for hydroxylation is 1. The topological polar surface area (TPSA) is 49.3 Å². The molecule has 0 spiro atoms. The van der Waals surface area contributed by atoms with Crippen LogP contribution in [0.5, 0.6) is 0 Å². The van der Waals surface area contributed by atoms with E-state index in [9.17, 15) is 4.79 Å². The van der Waals surface area contributed by atoms with Gasteiger partial charge in [-0.05, 0) is 25.3 Å². The van der Waals surface area contributed by atoms with E-state index in [-0.39, 0.29) is 11.8 Å². The Hall–Kier alpha value is -1.35. The summed E-state index contributed by atoms with van der Waals surface area (Å²) in [6.45, 7) is 4.14. The van der Waals surface area contributed by atoms with Crippen LogP contribution < -0.4 is 5.48 Å². The number of amides is 1. The zero-order chi connectivity index (χ0) is 12.7. The van der Waals surface area contributed by atoms with Crippen molar-refractivity contribution in [3.63, 3.8) is 0 Å². The first-order valence-corrected chi connectivity index (χ1v) is 6.16. The molecule has 0 aromatic heterocycles. The number of carbonyl (C=O) groups is 1. The molecular weight excluding hydrogens is 214 g/mol. The Bertz CT molecular complexity index is 363. The van der Waals surface area contributed by atoms with Gasteiger partial charge in [0.2, 0.25) is 5.91 Å². The maximum atomic E-state index is 11.5. The Morgan fingerprint density at radius 1 is 1.47 bits per heavy atom. The molecule has 0 aliphatic rings. The molecule has 0 aliphatic heterocycles. The van der Waals surface area contributed by atoms with E-state index < -0.39 is 0 Å². The second-order valence-corrected chi connectivity index (χ2v) is 4.51. The van der Waals surface area contributed by atoms with Crippen LogP contribution in [0.3, 0.4) is 0 Å². The number of nitrogens with one attached hydrogen (secondary N) is 1. The number of unbranched alkanes of at least 4 members (excludes halogenated alkanes) is 1. The molecule has 1 unspecified atom stereocenters. The molecule has 94 valence electrons. The molecule has 0 aliphatic carbocycles. The van der Waals surface area contributed by atoms with E-state index in [2.05, 4.69) is 13.0 Å². The van der Waals surface area contributed by atoms with E-state index in [0.29, 0.717) is 6.42 Å². The Labute approximate surface area is 103 Å². The highest BCUT2D eigenvalue weighted by molar-refractivity contribution is 5.77. The molecule has 3 nitrogen and oxygen atoms in total. The predicted octanol–water partition coefficient (Wildman–Crippen LogP) is 2.85. The van der Waals surface area contributed by atoms with Gasteiger partial charge in [0.25, 0.3) is 0 Å². The molecule has 2 N–H and O–H groups in total. The summed E-state index contributed by atoms with van der Waals surface area (Å²) in [6.07, 6.45) is 3.57. The third-order valence-electron chi connectivity index (χ3n) is 2.95. The lowest BCUT2D eigenvalue weighted by Crippen LogP contribution is -2.29. The minimum atomic E-state index is -0.278. The quantitative estimate of drug-likeness (QED) is 0.588. The Balaban J connectivity index is 2.68. The van der Waals surface area contributed by atoms with Gasteiger partial charge in [0.1, 0.15) is 0 Å². The highest BCUT2D eigenvalue weighted by Crippen LogP contribution is 2.16. The summed E-state index contributed by atoms with van der Waals surface area (Å²) in [6, 6.07) is 8.15. The fourth-order valence-corrected chi connectivity index (χ4v) is 1.99. The second-order valence-electron chi connectivity index (χ2n) is 4.51. The fraction of sp³-hybridized carbons (Fsp3) is 0.500. The van der Waals surface area contributed by atoms with Crippen molar-refractivity contribution in [3.05, 3.63) is 35.4 Å². The molecule has 1 aromatic carbocycles. The van der Waals surface area contributed by atoms with Crippen LogP contribution in [0.1, 0.15) is 37.3 Å². The van der Waals surface area contributed by atoms with Gasteiger partial charge in [0, 0.05) is 5.92 Å². The van der Waals surface area contributed by atoms with Gasteiger partial charge in [-0.3, -0.25) is 10.0 Å². The number of hydrogen-bond acceptors (Lipinski definition) is 2. The van der Waals surface area contributed by atoms with Gasteiger partial charge in [-0.2, -0.15) is 0 Å². The summed E-state index contributed by atoms with van der Waals surface area (Å²) < 4.78 is 0. The van der Waals surface area contributed by atoms with Gasteiger partial charge in [-0.1, -0.05) is 49.6 Å². The average molecular weight is 235 g/mol. The van der Waals surface area contributed by atoms with Gasteiger partial charge in [-0.15, -0.1) is 0 Å². The van der Waals surface area contributed by atoms with Gasteiger partial charge in [-0.25, -0.2) is 5.48 Å². The Morgan fingerprint density at radius 3 is 2.82 bits per heavy atom. The predicted molar refractivity (Wildman–Crippen MR) is 67.8 cm³/mol. The number of rotatable bonds is 6. The molecule has 17 heavy (non-hydrogen) atoms. The van der Waals surface area contributed by atoms with Crippen molar-refractivity contribution in [2.45, 2.75) is 39.5 Å². The number of hydrogen-bond donors (Lipinski definition) is 2. The standard InChI is InChI=1S/C14H21NO2/c1-3-4-8-13(14(16)15-17)10-12-7-5-6-11(2)9-12/h5-7,9,13,17H,3-4,8,10H2,1-2H3,(H,15,16). The molecule has 0 heterocycles. The van der Waals surface area contributed by atoms with Gasteiger partial charge in [0.15, 0.2) is 0 Å². The van der Waals surface area contributed by atoms with Gasteiger partial charge < -0.3 is 0 Å². The maximum Gasteiger partial charge on any atom is 0.246 e. The van der Waals surface area contributed by atoms with Crippen molar-refractivity contribution in [3.8, 4) is 0 Å². The lowest BCUT2D eigenvalue weighted by Gasteiger charge is -2.14. The van der Waals surface area contributed by atoms with Crippen molar-refractivity contribution >= 4 is 5.91 Å². The lowest BCUT2D eigenvalue weighted by molar-refractivity contribution is -0.133. The van der Waals surface area contributed by atoms with E-state index in [1.807, 2.05) is 25.1 Å². The summed E-state index contributed by atoms with van der Waals surface area (Å²) in [5, 5.41) is 8.74. The molecule has 0 saturated carbocycles. The SMILES string of the molecule is CCCCC(Cc1cccc(C)c1)C(=O)NO. The van der Waals surface area contributed by atoms with Crippen LogP contribution in [0, 0.1) is 12.8 Å². The summed E-state index contributed by atoms with van der Waals surface area (Å²) >= 11 is 0. The van der Waals surface area contributed by atoms with E-state index >= 15 is 0 Å². The molecule has 0 bridgehead atoms. The molecule has 1 atom stereocenters. The fourth-order valence-electron chi connectivity index (χ4n) is 1.99. The van der Waals surface area contributed by atoms with Crippen molar-refractivity contribution in [2.75, 3.05) is 0 Å². The summed E-state index contributed by atoms with van der Waals surface area (Å²) in [4.78, 5) is 11.5. The molecule has 1 rings (SSSR count).